The first-order chi connectivity index (χ1) is 8.61. The van der Waals surface area contributed by atoms with Crippen LogP contribution in [0.5, 0.6) is 11.5 Å². The third kappa shape index (κ3) is 2.17. The highest BCUT2D eigenvalue weighted by atomic mass is 16.5. The number of methoxy groups -OCH3 is 1. The largest absolute Gasteiger partial charge is 0.504 e. The SMILES string of the molecule is COc1ccc(N=Nc2c(N)n[nH]c2N)cc1O. The molecule has 8 heteroatoms. The number of hydrogen-bond donors (Lipinski definition) is 4. The normalized spacial score (nSPS) is 10.9. The summed E-state index contributed by atoms with van der Waals surface area (Å²) < 4.78 is 4.91. The smallest absolute Gasteiger partial charge is 0.175 e. The van der Waals surface area contributed by atoms with E-state index in [9.17, 15) is 5.11 Å². The number of rotatable bonds is 3. The van der Waals surface area contributed by atoms with Gasteiger partial charge in [-0.25, -0.2) is 0 Å². The summed E-state index contributed by atoms with van der Waals surface area (Å²) in [6, 6.07) is 4.62. The van der Waals surface area contributed by atoms with E-state index in [4.69, 9.17) is 16.2 Å². The lowest BCUT2D eigenvalue weighted by atomic mass is 10.3. The maximum Gasteiger partial charge on any atom is 0.175 e. The average molecular weight is 248 g/mol. The molecule has 0 saturated carbocycles. The van der Waals surface area contributed by atoms with Gasteiger partial charge in [0, 0.05) is 6.07 Å². The molecular formula is C10H12N6O2. The first-order valence-electron chi connectivity index (χ1n) is 5.00. The lowest BCUT2D eigenvalue weighted by Crippen LogP contribution is -1.84. The van der Waals surface area contributed by atoms with E-state index < -0.39 is 0 Å². The van der Waals surface area contributed by atoms with Crippen molar-refractivity contribution in [1.82, 2.24) is 10.2 Å². The molecule has 0 bridgehead atoms. The van der Waals surface area contributed by atoms with Crippen LogP contribution in [-0.4, -0.2) is 22.4 Å². The number of nitrogens with one attached hydrogen (secondary N) is 1. The number of azo groups is 1. The van der Waals surface area contributed by atoms with Gasteiger partial charge in [-0.1, -0.05) is 0 Å². The van der Waals surface area contributed by atoms with Gasteiger partial charge in [-0.2, -0.15) is 10.2 Å². The Morgan fingerprint density at radius 3 is 2.67 bits per heavy atom. The number of nitrogen functional groups attached to an aromatic ring is 2. The van der Waals surface area contributed by atoms with Crippen molar-refractivity contribution in [2.45, 2.75) is 0 Å². The zero-order valence-corrected chi connectivity index (χ0v) is 9.58. The summed E-state index contributed by atoms with van der Waals surface area (Å²) in [6.45, 7) is 0. The maximum absolute atomic E-state index is 9.56. The fourth-order valence-corrected chi connectivity index (χ4v) is 1.32. The predicted molar refractivity (Wildman–Crippen MR) is 66.2 cm³/mol. The van der Waals surface area contributed by atoms with Crippen LogP contribution in [0.25, 0.3) is 0 Å². The first kappa shape index (κ1) is 11.7. The fourth-order valence-electron chi connectivity index (χ4n) is 1.32. The Morgan fingerprint density at radius 1 is 1.33 bits per heavy atom. The van der Waals surface area contributed by atoms with E-state index >= 15 is 0 Å². The Morgan fingerprint density at radius 2 is 2.11 bits per heavy atom. The molecule has 0 aliphatic rings. The second-order valence-corrected chi connectivity index (χ2v) is 3.43. The van der Waals surface area contributed by atoms with Crippen LogP contribution in [0.3, 0.4) is 0 Å². The molecule has 0 saturated heterocycles. The molecule has 2 aromatic rings. The number of aromatic hydroxyl groups is 1. The minimum Gasteiger partial charge on any atom is -0.504 e. The number of H-pyrrole nitrogens is 1. The van der Waals surface area contributed by atoms with Gasteiger partial charge in [-0.3, -0.25) is 5.10 Å². The van der Waals surface area contributed by atoms with Crippen LogP contribution < -0.4 is 16.2 Å². The van der Waals surface area contributed by atoms with E-state index in [1.165, 1.54) is 13.2 Å². The number of phenolic OH excluding ortho intramolecular Hbond substituents is 1. The third-order valence-corrected chi connectivity index (χ3v) is 2.22. The zero-order valence-electron chi connectivity index (χ0n) is 9.58. The second-order valence-electron chi connectivity index (χ2n) is 3.43. The van der Waals surface area contributed by atoms with Crippen molar-refractivity contribution in [2.75, 3.05) is 18.6 Å². The summed E-state index contributed by atoms with van der Waals surface area (Å²) in [6.07, 6.45) is 0. The average Bonchev–Trinajstić information content (AvgIpc) is 2.67. The number of aromatic amines is 1. The number of nitrogens with two attached hydrogens (primary N) is 2. The van der Waals surface area contributed by atoms with Crippen molar-refractivity contribution in [1.29, 1.82) is 0 Å². The topological polar surface area (TPSA) is 135 Å². The summed E-state index contributed by atoms with van der Waals surface area (Å²) in [5.41, 5.74) is 11.8. The number of nitrogens with zero attached hydrogens (tertiary/aromatic N) is 3. The van der Waals surface area contributed by atoms with Crippen molar-refractivity contribution in [3.05, 3.63) is 18.2 Å². The summed E-state index contributed by atoms with van der Waals surface area (Å²) in [4.78, 5) is 0. The van der Waals surface area contributed by atoms with E-state index in [2.05, 4.69) is 20.4 Å². The van der Waals surface area contributed by atoms with Crippen LogP contribution in [0.1, 0.15) is 0 Å². The minimum absolute atomic E-state index is 0.0258. The Kier molecular flexibility index (Phi) is 3.00. The Bertz CT molecular complexity index is 573. The summed E-state index contributed by atoms with van der Waals surface area (Å²) in [5.74, 6) is 0.723. The fraction of sp³-hybridized carbons (Fsp3) is 0.100. The molecule has 1 aromatic heterocycles. The van der Waals surface area contributed by atoms with Crippen LogP contribution in [0.4, 0.5) is 23.0 Å². The highest BCUT2D eigenvalue weighted by molar-refractivity contribution is 5.70. The summed E-state index contributed by atoms with van der Waals surface area (Å²) >= 11 is 0. The van der Waals surface area contributed by atoms with Crippen molar-refractivity contribution < 1.29 is 9.84 Å². The quantitative estimate of drug-likeness (QED) is 0.613. The number of anilines is 2. The highest BCUT2D eigenvalue weighted by Gasteiger charge is 2.07. The van der Waals surface area contributed by atoms with Crippen molar-refractivity contribution in [3.8, 4) is 11.5 Å². The van der Waals surface area contributed by atoms with E-state index in [0.29, 0.717) is 11.4 Å². The second kappa shape index (κ2) is 4.62. The predicted octanol–water partition coefficient (Wildman–Crippen LogP) is 1.70. The molecule has 2 rings (SSSR count). The van der Waals surface area contributed by atoms with Gasteiger partial charge in [-0.05, 0) is 12.1 Å². The van der Waals surface area contributed by atoms with Gasteiger partial charge in [0.2, 0.25) is 0 Å². The molecule has 1 heterocycles. The van der Waals surface area contributed by atoms with Crippen LogP contribution >= 0.6 is 0 Å². The summed E-state index contributed by atoms with van der Waals surface area (Å²) in [5, 5.41) is 23.5. The van der Waals surface area contributed by atoms with Gasteiger partial charge < -0.3 is 21.3 Å². The molecule has 1 aromatic carbocycles. The molecular weight excluding hydrogens is 236 g/mol. The zero-order chi connectivity index (χ0) is 13.1. The number of hydrogen-bond acceptors (Lipinski definition) is 7. The summed E-state index contributed by atoms with van der Waals surface area (Å²) in [7, 11) is 1.46. The van der Waals surface area contributed by atoms with Gasteiger partial charge in [0.15, 0.2) is 23.0 Å². The minimum atomic E-state index is -0.0258. The van der Waals surface area contributed by atoms with Gasteiger partial charge >= 0.3 is 0 Å². The monoisotopic (exact) mass is 248 g/mol. The van der Waals surface area contributed by atoms with Gasteiger partial charge in [0.25, 0.3) is 0 Å². The molecule has 0 fully saturated rings. The molecule has 0 amide bonds. The molecule has 0 radical (unpaired) electrons. The molecule has 8 nitrogen and oxygen atoms in total. The molecule has 0 spiro atoms. The van der Waals surface area contributed by atoms with Crippen LogP contribution in [0, 0.1) is 0 Å². The Balaban J connectivity index is 2.27. The number of aromatic nitrogens is 2. The molecule has 0 atom stereocenters. The Hall–Kier alpha value is -2.77. The molecule has 6 N–H and O–H groups in total. The van der Waals surface area contributed by atoms with Crippen molar-refractivity contribution >= 4 is 23.0 Å². The van der Waals surface area contributed by atoms with Gasteiger partial charge in [0.1, 0.15) is 5.82 Å². The highest BCUT2D eigenvalue weighted by Crippen LogP contribution is 2.32. The number of benzene rings is 1. The molecule has 0 unspecified atom stereocenters. The van der Waals surface area contributed by atoms with Gasteiger partial charge in [0.05, 0.1) is 12.8 Å². The van der Waals surface area contributed by atoms with Crippen LogP contribution in [0.2, 0.25) is 0 Å². The standard InChI is InChI=1S/C10H12N6O2/c1-18-7-3-2-5(4-6(7)17)13-14-8-9(11)15-16-10(8)12/h2-4,17H,1H3,(H5,11,12,15,16). The Labute approximate surface area is 102 Å². The van der Waals surface area contributed by atoms with Crippen LogP contribution in [0.15, 0.2) is 28.4 Å². The van der Waals surface area contributed by atoms with E-state index in [-0.39, 0.29) is 23.1 Å². The molecule has 18 heavy (non-hydrogen) atoms. The van der Waals surface area contributed by atoms with E-state index in [1.807, 2.05) is 0 Å². The number of ether oxygens (including phenoxy) is 1. The third-order valence-electron chi connectivity index (χ3n) is 2.22. The van der Waals surface area contributed by atoms with E-state index in [1.54, 1.807) is 12.1 Å². The maximum atomic E-state index is 9.56. The van der Waals surface area contributed by atoms with Crippen LogP contribution in [-0.2, 0) is 0 Å². The number of phenols is 1. The molecule has 94 valence electrons. The lowest BCUT2D eigenvalue weighted by Gasteiger charge is -2.02. The van der Waals surface area contributed by atoms with Crippen molar-refractivity contribution in [2.24, 2.45) is 10.2 Å². The lowest BCUT2D eigenvalue weighted by molar-refractivity contribution is 0.373. The van der Waals surface area contributed by atoms with Crippen molar-refractivity contribution in [3.63, 3.8) is 0 Å². The molecule has 0 aliphatic heterocycles. The molecule has 0 aliphatic carbocycles. The first-order valence-corrected chi connectivity index (χ1v) is 5.00. The van der Waals surface area contributed by atoms with E-state index in [0.717, 1.165) is 0 Å². The van der Waals surface area contributed by atoms with Gasteiger partial charge in [-0.15, -0.1) is 5.11 Å².